The van der Waals surface area contributed by atoms with Gasteiger partial charge in [0.2, 0.25) is 11.8 Å². The first-order valence-electron chi connectivity index (χ1n) is 9.22. The average Bonchev–Trinajstić information content (AvgIpc) is 2.70. The number of aryl methyl sites for hydroxylation is 1. The Labute approximate surface area is 164 Å². The highest BCUT2D eigenvalue weighted by molar-refractivity contribution is 5.94. The number of hydrogen-bond donors (Lipinski definition) is 2. The summed E-state index contributed by atoms with van der Waals surface area (Å²) in [6.07, 6.45) is 0. The van der Waals surface area contributed by atoms with E-state index in [-0.39, 0.29) is 30.9 Å². The topological polar surface area (TPSA) is 81.8 Å². The summed E-state index contributed by atoms with van der Waals surface area (Å²) in [6, 6.07) is 16.7. The highest BCUT2D eigenvalue weighted by atomic mass is 16.2. The first kappa shape index (κ1) is 19.4. The van der Waals surface area contributed by atoms with E-state index in [4.69, 9.17) is 0 Å². The number of nitrogens with one attached hydrogen (secondary N) is 2. The molecule has 0 saturated carbocycles. The van der Waals surface area contributed by atoms with Crippen LogP contribution in [-0.2, 0) is 16.1 Å². The van der Waals surface area contributed by atoms with Gasteiger partial charge in [0.05, 0.1) is 6.54 Å². The van der Waals surface area contributed by atoms with Crippen molar-refractivity contribution >= 4 is 23.5 Å². The summed E-state index contributed by atoms with van der Waals surface area (Å²) in [5.74, 6) is -0.448. The van der Waals surface area contributed by atoms with Crippen LogP contribution in [0.3, 0.4) is 0 Å². The molecule has 2 N–H and O–H groups in total. The van der Waals surface area contributed by atoms with Crippen LogP contribution in [-0.4, -0.2) is 53.8 Å². The summed E-state index contributed by atoms with van der Waals surface area (Å²) in [6.45, 7) is 3.11. The van der Waals surface area contributed by atoms with Crippen molar-refractivity contribution in [2.75, 3.05) is 31.5 Å². The average molecular weight is 380 g/mol. The highest BCUT2D eigenvalue weighted by Gasteiger charge is 2.28. The van der Waals surface area contributed by atoms with Gasteiger partial charge in [0, 0.05) is 25.3 Å². The van der Waals surface area contributed by atoms with Crippen molar-refractivity contribution in [3.8, 4) is 0 Å². The summed E-state index contributed by atoms with van der Waals surface area (Å²) in [5, 5.41) is 5.59. The SMILES string of the molecule is Cc1ccc(CNC(=O)CN2CCN(C(=O)Nc3ccccc3)CC2=O)cc1. The van der Waals surface area contributed by atoms with Crippen molar-refractivity contribution in [1.82, 2.24) is 15.1 Å². The Kier molecular flexibility index (Phi) is 6.26. The van der Waals surface area contributed by atoms with E-state index >= 15 is 0 Å². The zero-order chi connectivity index (χ0) is 19.9. The molecule has 0 aromatic heterocycles. The predicted molar refractivity (Wildman–Crippen MR) is 107 cm³/mol. The Morgan fingerprint density at radius 2 is 1.71 bits per heavy atom. The van der Waals surface area contributed by atoms with E-state index in [2.05, 4.69) is 10.6 Å². The Bertz CT molecular complexity index is 836. The fourth-order valence-electron chi connectivity index (χ4n) is 2.91. The van der Waals surface area contributed by atoms with E-state index < -0.39 is 0 Å². The third-order valence-electron chi connectivity index (χ3n) is 4.58. The quantitative estimate of drug-likeness (QED) is 0.832. The van der Waals surface area contributed by atoms with Gasteiger partial charge in [0.25, 0.3) is 0 Å². The summed E-state index contributed by atoms with van der Waals surface area (Å²) in [4.78, 5) is 39.7. The molecule has 0 spiro atoms. The number of carbonyl (C=O) groups excluding carboxylic acids is 3. The van der Waals surface area contributed by atoms with Gasteiger partial charge in [-0.15, -0.1) is 0 Å². The zero-order valence-electron chi connectivity index (χ0n) is 15.9. The molecular formula is C21H24N4O3. The lowest BCUT2D eigenvalue weighted by Crippen LogP contribution is -2.55. The van der Waals surface area contributed by atoms with Crippen LogP contribution in [0.15, 0.2) is 54.6 Å². The van der Waals surface area contributed by atoms with Gasteiger partial charge in [-0.1, -0.05) is 48.0 Å². The van der Waals surface area contributed by atoms with Crippen molar-refractivity contribution in [2.24, 2.45) is 0 Å². The van der Waals surface area contributed by atoms with E-state index in [0.29, 0.717) is 25.3 Å². The lowest BCUT2D eigenvalue weighted by molar-refractivity contribution is -0.139. The number of urea groups is 1. The number of hydrogen-bond acceptors (Lipinski definition) is 3. The normalized spacial score (nSPS) is 14.0. The van der Waals surface area contributed by atoms with Crippen LogP contribution < -0.4 is 10.6 Å². The Morgan fingerprint density at radius 1 is 1.00 bits per heavy atom. The minimum atomic E-state index is -0.317. The Morgan fingerprint density at radius 3 is 2.39 bits per heavy atom. The first-order valence-corrected chi connectivity index (χ1v) is 9.22. The van der Waals surface area contributed by atoms with E-state index in [1.54, 1.807) is 12.1 Å². The maximum absolute atomic E-state index is 12.3. The number of para-hydroxylation sites is 1. The fourth-order valence-corrected chi connectivity index (χ4v) is 2.91. The number of benzene rings is 2. The monoisotopic (exact) mass is 380 g/mol. The molecule has 3 rings (SSSR count). The van der Waals surface area contributed by atoms with Crippen LogP contribution in [0.2, 0.25) is 0 Å². The molecule has 2 aromatic carbocycles. The molecular weight excluding hydrogens is 356 g/mol. The molecule has 0 aliphatic carbocycles. The third-order valence-corrected chi connectivity index (χ3v) is 4.58. The lowest BCUT2D eigenvalue weighted by atomic mass is 10.1. The molecule has 7 heteroatoms. The molecule has 2 aromatic rings. The molecule has 1 fully saturated rings. The van der Waals surface area contributed by atoms with Gasteiger partial charge in [0.15, 0.2) is 0 Å². The molecule has 28 heavy (non-hydrogen) atoms. The number of piperazine rings is 1. The number of rotatable bonds is 5. The molecule has 1 heterocycles. The van der Waals surface area contributed by atoms with Crippen LogP contribution in [0.4, 0.5) is 10.5 Å². The smallest absolute Gasteiger partial charge is 0.322 e. The molecule has 146 valence electrons. The number of nitrogens with zero attached hydrogens (tertiary/aromatic N) is 2. The van der Waals surface area contributed by atoms with Crippen molar-refractivity contribution in [2.45, 2.75) is 13.5 Å². The number of anilines is 1. The van der Waals surface area contributed by atoms with Crippen molar-refractivity contribution < 1.29 is 14.4 Å². The highest BCUT2D eigenvalue weighted by Crippen LogP contribution is 2.09. The van der Waals surface area contributed by atoms with Crippen LogP contribution in [0.1, 0.15) is 11.1 Å². The summed E-state index contributed by atoms with van der Waals surface area (Å²) >= 11 is 0. The second-order valence-electron chi connectivity index (χ2n) is 6.80. The first-order chi connectivity index (χ1) is 13.5. The lowest BCUT2D eigenvalue weighted by Gasteiger charge is -2.33. The molecule has 7 nitrogen and oxygen atoms in total. The van der Waals surface area contributed by atoms with E-state index in [1.165, 1.54) is 9.80 Å². The maximum atomic E-state index is 12.3. The van der Waals surface area contributed by atoms with Crippen molar-refractivity contribution in [3.05, 3.63) is 65.7 Å². The van der Waals surface area contributed by atoms with Crippen LogP contribution in [0, 0.1) is 6.92 Å². The number of amides is 4. The van der Waals surface area contributed by atoms with Gasteiger partial charge in [-0.25, -0.2) is 4.79 Å². The zero-order valence-corrected chi connectivity index (χ0v) is 15.9. The summed E-state index contributed by atoms with van der Waals surface area (Å²) in [5.41, 5.74) is 2.85. The maximum Gasteiger partial charge on any atom is 0.322 e. The fraction of sp³-hybridized carbons (Fsp3) is 0.286. The minimum Gasteiger partial charge on any atom is -0.350 e. The molecule has 1 aliphatic heterocycles. The minimum absolute atomic E-state index is 0.00115. The van der Waals surface area contributed by atoms with Gasteiger partial charge in [-0.3, -0.25) is 9.59 Å². The molecule has 4 amide bonds. The summed E-state index contributed by atoms with van der Waals surface area (Å²) < 4.78 is 0. The Balaban J connectivity index is 1.44. The van der Waals surface area contributed by atoms with Gasteiger partial charge < -0.3 is 20.4 Å². The van der Waals surface area contributed by atoms with Crippen LogP contribution in [0.25, 0.3) is 0 Å². The summed E-state index contributed by atoms with van der Waals surface area (Å²) in [7, 11) is 0. The van der Waals surface area contributed by atoms with Crippen molar-refractivity contribution in [1.29, 1.82) is 0 Å². The van der Waals surface area contributed by atoms with Gasteiger partial charge in [0.1, 0.15) is 6.54 Å². The van der Waals surface area contributed by atoms with Gasteiger partial charge in [-0.2, -0.15) is 0 Å². The predicted octanol–water partition coefficient (Wildman–Crippen LogP) is 1.99. The second-order valence-corrected chi connectivity index (χ2v) is 6.80. The standard InChI is InChI=1S/C21H24N4O3/c1-16-7-9-17(10-8-16)13-22-19(26)14-24-11-12-25(15-20(24)27)21(28)23-18-5-3-2-4-6-18/h2-10H,11-15H2,1H3,(H,22,26)(H,23,28). The van der Waals surface area contributed by atoms with E-state index in [0.717, 1.165) is 11.1 Å². The van der Waals surface area contributed by atoms with Crippen LogP contribution in [0.5, 0.6) is 0 Å². The third kappa shape index (κ3) is 5.33. The Hall–Kier alpha value is -3.35. The molecule has 0 unspecified atom stereocenters. The second kappa shape index (κ2) is 9.03. The largest absolute Gasteiger partial charge is 0.350 e. The van der Waals surface area contributed by atoms with E-state index in [9.17, 15) is 14.4 Å². The molecule has 0 bridgehead atoms. The molecule has 0 radical (unpaired) electrons. The van der Waals surface area contributed by atoms with Gasteiger partial charge in [-0.05, 0) is 24.6 Å². The number of carbonyl (C=O) groups is 3. The van der Waals surface area contributed by atoms with Crippen molar-refractivity contribution in [3.63, 3.8) is 0 Å². The molecule has 0 atom stereocenters. The van der Waals surface area contributed by atoms with Gasteiger partial charge >= 0.3 is 6.03 Å². The van der Waals surface area contributed by atoms with E-state index in [1.807, 2.05) is 49.4 Å². The van der Waals surface area contributed by atoms with Crippen LogP contribution >= 0.6 is 0 Å². The molecule has 1 saturated heterocycles. The molecule has 1 aliphatic rings.